The highest BCUT2D eigenvalue weighted by molar-refractivity contribution is 5.67. The molecule has 3 aromatic rings. The monoisotopic (exact) mass is 302 g/mol. The summed E-state index contributed by atoms with van der Waals surface area (Å²) < 4.78 is 6.09. The minimum atomic E-state index is 0.622. The van der Waals surface area contributed by atoms with Gasteiger partial charge >= 0.3 is 0 Å². The van der Waals surface area contributed by atoms with Crippen LogP contribution in [-0.2, 0) is 12.8 Å². The van der Waals surface area contributed by atoms with E-state index in [1.165, 1.54) is 30.4 Å². The van der Waals surface area contributed by atoms with Crippen molar-refractivity contribution in [2.24, 2.45) is 0 Å². The summed E-state index contributed by atoms with van der Waals surface area (Å²) in [4.78, 5) is 8.60. The number of hydrogen-bond acceptors (Lipinski definition) is 3. The lowest BCUT2D eigenvalue weighted by atomic mass is 9.92. The third-order valence-corrected chi connectivity index (χ3v) is 4.28. The summed E-state index contributed by atoms with van der Waals surface area (Å²) in [5.74, 6) is 1.48. The first-order valence-corrected chi connectivity index (χ1v) is 8.05. The summed E-state index contributed by atoms with van der Waals surface area (Å²) in [6.45, 7) is 0. The molecule has 2 aromatic heterocycles. The van der Waals surface area contributed by atoms with Gasteiger partial charge < -0.3 is 4.74 Å². The topological polar surface area (TPSA) is 35.0 Å². The van der Waals surface area contributed by atoms with E-state index in [1.54, 1.807) is 12.4 Å². The highest BCUT2D eigenvalue weighted by atomic mass is 16.5. The van der Waals surface area contributed by atoms with Gasteiger partial charge in [0.1, 0.15) is 5.75 Å². The fourth-order valence-corrected chi connectivity index (χ4v) is 3.10. The first-order valence-electron chi connectivity index (χ1n) is 8.05. The largest absolute Gasteiger partial charge is 0.438 e. The lowest BCUT2D eigenvalue weighted by Gasteiger charge is -2.17. The van der Waals surface area contributed by atoms with Crippen LogP contribution in [0.15, 0.2) is 61.1 Å². The van der Waals surface area contributed by atoms with Crippen LogP contribution in [0.5, 0.6) is 11.6 Å². The second kappa shape index (κ2) is 6.21. The van der Waals surface area contributed by atoms with Gasteiger partial charge in [-0.2, -0.15) is 0 Å². The van der Waals surface area contributed by atoms with Crippen molar-refractivity contribution in [3.05, 3.63) is 72.2 Å². The molecule has 1 aromatic carbocycles. The highest BCUT2D eigenvalue weighted by Gasteiger charge is 2.12. The first-order chi connectivity index (χ1) is 11.4. The number of fused-ring (bicyclic) bond motifs is 1. The molecular formula is C20H18N2O. The van der Waals surface area contributed by atoms with Crippen LogP contribution >= 0.6 is 0 Å². The van der Waals surface area contributed by atoms with Crippen molar-refractivity contribution in [3.63, 3.8) is 0 Å². The molecule has 1 aliphatic rings. The van der Waals surface area contributed by atoms with Crippen LogP contribution < -0.4 is 4.74 Å². The number of aromatic nitrogens is 2. The van der Waals surface area contributed by atoms with E-state index in [-0.39, 0.29) is 0 Å². The van der Waals surface area contributed by atoms with Gasteiger partial charge in [0.2, 0.25) is 5.88 Å². The van der Waals surface area contributed by atoms with E-state index in [4.69, 9.17) is 4.74 Å². The van der Waals surface area contributed by atoms with E-state index in [2.05, 4.69) is 22.1 Å². The molecule has 0 saturated heterocycles. The summed E-state index contributed by atoms with van der Waals surface area (Å²) in [6.07, 6.45) is 10.2. The minimum absolute atomic E-state index is 0.622. The Morgan fingerprint density at radius 3 is 2.61 bits per heavy atom. The van der Waals surface area contributed by atoms with Crippen LogP contribution in [0.25, 0.3) is 11.1 Å². The SMILES string of the molecule is c1cncc(-c2cccnc2Oc2ccc3c(c2)CCCC3)c1. The third-order valence-electron chi connectivity index (χ3n) is 4.28. The number of pyridine rings is 2. The van der Waals surface area contributed by atoms with E-state index in [9.17, 15) is 0 Å². The average molecular weight is 302 g/mol. The van der Waals surface area contributed by atoms with Crippen LogP contribution in [0, 0.1) is 0 Å². The van der Waals surface area contributed by atoms with Gasteiger partial charge in [0.15, 0.2) is 0 Å². The lowest BCUT2D eigenvalue weighted by Crippen LogP contribution is -2.02. The molecule has 0 N–H and O–H groups in total. The normalized spacial score (nSPS) is 13.4. The van der Waals surface area contributed by atoms with Crippen LogP contribution in [0.3, 0.4) is 0 Å². The van der Waals surface area contributed by atoms with Gasteiger partial charge in [-0.3, -0.25) is 4.98 Å². The molecule has 3 heteroatoms. The zero-order chi connectivity index (χ0) is 15.5. The molecule has 4 rings (SSSR count). The van der Waals surface area contributed by atoms with Crippen LogP contribution in [-0.4, -0.2) is 9.97 Å². The fraction of sp³-hybridized carbons (Fsp3) is 0.200. The lowest BCUT2D eigenvalue weighted by molar-refractivity contribution is 0.463. The van der Waals surface area contributed by atoms with E-state index in [0.717, 1.165) is 23.3 Å². The van der Waals surface area contributed by atoms with Crippen molar-refractivity contribution in [2.75, 3.05) is 0 Å². The van der Waals surface area contributed by atoms with Gasteiger partial charge in [-0.1, -0.05) is 12.1 Å². The van der Waals surface area contributed by atoms with E-state index >= 15 is 0 Å². The molecule has 0 radical (unpaired) electrons. The summed E-state index contributed by atoms with van der Waals surface area (Å²) in [6, 6.07) is 14.3. The molecule has 0 aliphatic heterocycles. The second-order valence-electron chi connectivity index (χ2n) is 5.84. The molecule has 0 atom stereocenters. The maximum Gasteiger partial charge on any atom is 0.227 e. The van der Waals surface area contributed by atoms with Crippen LogP contribution in [0.4, 0.5) is 0 Å². The molecule has 0 amide bonds. The molecule has 23 heavy (non-hydrogen) atoms. The van der Waals surface area contributed by atoms with Gasteiger partial charge in [0.25, 0.3) is 0 Å². The zero-order valence-electron chi connectivity index (χ0n) is 12.9. The van der Waals surface area contributed by atoms with Crippen molar-refractivity contribution in [3.8, 4) is 22.8 Å². The standard InChI is InChI=1S/C20H18N2O/c1-2-6-16-13-18(10-9-15(16)5-1)23-20-19(8-4-12-22-20)17-7-3-11-21-14-17/h3-4,7-14H,1-2,5-6H2. The van der Waals surface area contributed by atoms with Gasteiger partial charge in [0.05, 0.1) is 0 Å². The number of ether oxygens (including phenoxy) is 1. The number of nitrogens with zero attached hydrogens (tertiary/aromatic N) is 2. The Bertz CT molecular complexity index is 815. The predicted molar refractivity (Wildman–Crippen MR) is 90.6 cm³/mol. The number of aryl methyl sites for hydroxylation is 2. The Kier molecular flexibility index (Phi) is 3.76. The summed E-state index contributed by atoms with van der Waals surface area (Å²) in [5.41, 5.74) is 4.83. The fourth-order valence-electron chi connectivity index (χ4n) is 3.10. The van der Waals surface area contributed by atoms with Crippen molar-refractivity contribution in [2.45, 2.75) is 25.7 Å². The van der Waals surface area contributed by atoms with Crippen LogP contribution in [0.2, 0.25) is 0 Å². The van der Waals surface area contributed by atoms with E-state index in [1.807, 2.05) is 36.5 Å². The molecule has 2 heterocycles. The van der Waals surface area contributed by atoms with Crippen molar-refractivity contribution >= 4 is 0 Å². The quantitative estimate of drug-likeness (QED) is 0.696. The number of hydrogen-bond donors (Lipinski definition) is 0. The van der Waals surface area contributed by atoms with Crippen LogP contribution in [0.1, 0.15) is 24.0 Å². The maximum atomic E-state index is 6.09. The summed E-state index contributed by atoms with van der Waals surface area (Å²) in [7, 11) is 0. The maximum absolute atomic E-state index is 6.09. The molecule has 0 spiro atoms. The van der Waals surface area contributed by atoms with Gasteiger partial charge in [-0.05, 0) is 67.1 Å². The molecule has 0 saturated carbocycles. The van der Waals surface area contributed by atoms with Gasteiger partial charge in [0, 0.05) is 29.7 Å². The minimum Gasteiger partial charge on any atom is -0.438 e. The Morgan fingerprint density at radius 2 is 1.74 bits per heavy atom. The molecule has 3 nitrogen and oxygen atoms in total. The molecule has 1 aliphatic carbocycles. The molecule has 0 fully saturated rings. The zero-order valence-corrected chi connectivity index (χ0v) is 12.9. The molecule has 0 unspecified atom stereocenters. The third kappa shape index (κ3) is 2.95. The predicted octanol–water partition coefficient (Wildman–Crippen LogP) is 4.81. The molecular weight excluding hydrogens is 284 g/mol. The smallest absolute Gasteiger partial charge is 0.227 e. The number of rotatable bonds is 3. The summed E-state index contributed by atoms with van der Waals surface area (Å²) >= 11 is 0. The Hall–Kier alpha value is -2.68. The van der Waals surface area contributed by atoms with Crippen molar-refractivity contribution in [1.82, 2.24) is 9.97 Å². The molecule has 0 bridgehead atoms. The molecule has 114 valence electrons. The van der Waals surface area contributed by atoms with Gasteiger partial charge in [-0.25, -0.2) is 4.98 Å². The van der Waals surface area contributed by atoms with E-state index < -0.39 is 0 Å². The Morgan fingerprint density at radius 1 is 0.870 bits per heavy atom. The summed E-state index contributed by atoms with van der Waals surface area (Å²) in [5, 5.41) is 0. The number of benzene rings is 1. The highest BCUT2D eigenvalue weighted by Crippen LogP contribution is 2.32. The van der Waals surface area contributed by atoms with Crippen molar-refractivity contribution in [1.29, 1.82) is 0 Å². The Labute approximate surface area is 136 Å². The average Bonchev–Trinajstić information content (AvgIpc) is 2.63. The van der Waals surface area contributed by atoms with E-state index in [0.29, 0.717) is 5.88 Å². The Balaban J connectivity index is 1.67. The first kappa shape index (κ1) is 13.9. The van der Waals surface area contributed by atoms with Gasteiger partial charge in [-0.15, -0.1) is 0 Å². The van der Waals surface area contributed by atoms with Crippen molar-refractivity contribution < 1.29 is 4.74 Å². The second-order valence-corrected chi connectivity index (χ2v) is 5.84.